The second-order valence-corrected chi connectivity index (χ2v) is 5.83. The van der Waals surface area contributed by atoms with Crippen LogP contribution in [-0.2, 0) is 0 Å². The summed E-state index contributed by atoms with van der Waals surface area (Å²) in [5.74, 6) is -0.588. The Bertz CT molecular complexity index is 607. The molecule has 0 saturated heterocycles. The molecule has 2 aromatic rings. The zero-order valence-electron chi connectivity index (χ0n) is 9.08. The van der Waals surface area contributed by atoms with Crippen molar-refractivity contribution in [2.45, 2.75) is 9.79 Å². The van der Waals surface area contributed by atoms with Gasteiger partial charge < -0.3 is 11.5 Å². The van der Waals surface area contributed by atoms with Gasteiger partial charge in [0, 0.05) is 9.37 Å². The lowest BCUT2D eigenvalue weighted by Crippen LogP contribution is -1.98. The van der Waals surface area contributed by atoms with Crippen molar-refractivity contribution in [3.05, 3.63) is 45.6 Å². The lowest BCUT2D eigenvalue weighted by Gasteiger charge is -2.11. The largest absolute Gasteiger partial charge is 0.398 e. The normalized spacial score (nSPS) is 10.6. The number of anilines is 2. The van der Waals surface area contributed by atoms with Gasteiger partial charge in [-0.25, -0.2) is 4.39 Å². The van der Waals surface area contributed by atoms with E-state index in [4.69, 9.17) is 23.1 Å². The second kappa shape index (κ2) is 5.38. The molecule has 18 heavy (non-hydrogen) atoms. The summed E-state index contributed by atoms with van der Waals surface area (Å²) in [6.45, 7) is 0. The van der Waals surface area contributed by atoms with Gasteiger partial charge >= 0.3 is 0 Å². The Labute approximate surface area is 122 Å². The van der Waals surface area contributed by atoms with E-state index in [1.54, 1.807) is 0 Å². The fraction of sp³-hybridized carbons (Fsp3) is 0. The van der Waals surface area contributed by atoms with Crippen LogP contribution in [0.5, 0.6) is 0 Å². The Morgan fingerprint density at radius 1 is 1.17 bits per heavy atom. The minimum absolute atomic E-state index is 0.0984. The maximum absolute atomic E-state index is 14.0. The molecule has 0 unspecified atom stereocenters. The van der Waals surface area contributed by atoms with E-state index >= 15 is 0 Å². The summed E-state index contributed by atoms with van der Waals surface area (Å²) in [6.07, 6.45) is 0. The van der Waals surface area contributed by atoms with Gasteiger partial charge in [-0.3, -0.25) is 0 Å². The summed E-state index contributed by atoms with van der Waals surface area (Å²) in [7, 11) is 0. The highest BCUT2D eigenvalue weighted by Crippen LogP contribution is 2.41. The molecular formula is C12H9BrClFN2S. The van der Waals surface area contributed by atoms with Crippen LogP contribution in [0, 0.1) is 5.82 Å². The SMILES string of the molecule is Nc1cc(N)c(Sc2ccccc2Br)c(F)c1Cl. The summed E-state index contributed by atoms with van der Waals surface area (Å²) in [4.78, 5) is 1.13. The first-order valence-electron chi connectivity index (χ1n) is 4.96. The maximum atomic E-state index is 14.0. The third kappa shape index (κ3) is 2.58. The summed E-state index contributed by atoms with van der Waals surface area (Å²) in [5, 5.41) is -0.0984. The molecular weight excluding hydrogens is 339 g/mol. The smallest absolute Gasteiger partial charge is 0.159 e. The second-order valence-electron chi connectivity index (χ2n) is 3.54. The predicted molar refractivity (Wildman–Crippen MR) is 78.5 cm³/mol. The van der Waals surface area contributed by atoms with Crippen molar-refractivity contribution in [2.24, 2.45) is 0 Å². The van der Waals surface area contributed by atoms with Crippen LogP contribution in [0.25, 0.3) is 0 Å². The number of nitrogens with two attached hydrogens (primary N) is 2. The number of hydrogen-bond acceptors (Lipinski definition) is 3. The van der Waals surface area contributed by atoms with Crippen molar-refractivity contribution in [1.29, 1.82) is 0 Å². The van der Waals surface area contributed by atoms with Gasteiger partial charge in [0.25, 0.3) is 0 Å². The van der Waals surface area contributed by atoms with E-state index in [2.05, 4.69) is 15.9 Å². The zero-order valence-corrected chi connectivity index (χ0v) is 12.2. The van der Waals surface area contributed by atoms with E-state index in [0.717, 1.165) is 9.37 Å². The van der Waals surface area contributed by atoms with E-state index in [1.165, 1.54) is 17.8 Å². The molecule has 0 amide bonds. The minimum Gasteiger partial charge on any atom is -0.398 e. The zero-order chi connectivity index (χ0) is 13.3. The van der Waals surface area contributed by atoms with Gasteiger partial charge in [0.1, 0.15) is 5.02 Å². The third-order valence-electron chi connectivity index (χ3n) is 2.27. The highest BCUT2D eigenvalue weighted by Gasteiger charge is 2.16. The first-order valence-corrected chi connectivity index (χ1v) is 6.94. The molecule has 0 spiro atoms. The number of nitrogen functional groups attached to an aromatic ring is 2. The van der Waals surface area contributed by atoms with Crippen molar-refractivity contribution in [2.75, 3.05) is 11.5 Å². The fourth-order valence-electron chi connectivity index (χ4n) is 1.39. The van der Waals surface area contributed by atoms with Gasteiger partial charge in [0.2, 0.25) is 0 Å². The van der Waals surface area contributed by atoms with Crippen molar-refractivity contribution in [1.82, 2.24) is 0 Å². The van der Waals surface area contributed by atoms with E-state index in [9.17, 15) is 4.39 Å². The molecule has 0 bridgehead atoms. The quantitative estimate of drug-likeness (QED) is 0.783. The molecule has 0 saturated carbocycles. The molecule has 0 aliphatic heterocycles. The summed E-state index contributed by atoms with van der Waals surface area (Å²) >= 11 is 10.4. The molecule has 2 rings (SSSR count). The summed E-state index contributed by atoms with van der Waals surface area (Å²) in [5.41, 5.74) is 11.7. The topological polar surface area (TPSA) is 52.0 Å². The molecule has 0 radical (unpaired) electrons. The average Bonchev–Trinajstić information content (AvgIpc) is 2.34. The minimum atomic E-state index is -0.588. The maximum Gasteiger partial charge on any atom is 0.159 e. The molecule has 0 aromatic heterocycles. The Balaban J connectivity index is 2.47. The molecule has 0 aliphatic carbocycles. The number of rotatable bonds is 2. The number of hydrogen-bond donors (Lipinski definition) is 2. The Hall–Kier alpha value is -0.910. The standard InChI is InChI=1S/C12H9BrClFN2S/c13-6-3-1-2-4-9(6)18-12-8(17)5-7(16)10(14)11(12)15/h1-5H,16-17H2. The van der Waals surface area contributed by atoms with Crippen molar-refractivity contribution < 1.29 is 4.39 Å². The average molecular weight is 348 g/mol. The first-order chi connectivity index (χ1) is 8.50. The van der Waals surface area contributed by atoms with Gasteiger partial charge in [0.15, 0.2) is 5.82 Å². The predicted octanol–water partition coefficient (Wildman–Crippen LogP) is 4.56. The molecule has 0 atom stereocenters. The highest BCUT2D eigenvalue weighted by atomic mass is 79.9. The van der Waals surface area contributed by atoms with E-state index in [0.29, 0.717) is 0 Å². The lowest BCUT2D eigenvalue weighted by atomic mass is 10.3. The van der Waals surface area contributed by atoms with Crippen molar-refractivity contribution in [3.8, 4) is 0 Å². The van der Waals surface area contributed by atoms with Crippen LogP contribution in [0.2, 0.25) is 5.02 Å². The highest BCUT2D eigenvalue weighted by molar-refractivity contribution is 9.10. The van der Waals surface area contributed by atoms with Crippen LogP contribution >= 0.6 is 39.3 Å². The molecule has 6 heteroatoms. The monoisotopic (exact) mass is 346 g/mol. The molecule has 2 nitrogen and oxygen atoms in total. The van der Waals surface area contributed by atoms with Crippen molar-refractivity contribution >= 4 is 50.7 Å². The van der Waals surface area contributed by atoms with Gasteiger partial charge in [-0.2, -0.15) is 0 Å². The van der Waals surface area contributed by atoms with Gasteiger partial charge in [0.05, 0.1) is 16.3 Å². The van der Waals surface area contributed by atoms with Crippen LogP contribution < -0.4 is 11.5 Å². The molecule has 0 fully saturated rings. The van der Waals surface area contributed by atoms with Crippen LogP contribution in [0.1, 0.15) is 0 Å². The van der Waals surface area contributed by atoms with Gasteiger partial charge in [-0.15, -0.1) is 0 Å². The van der Waals surface area contributed by atoms with E-state index in [-0.39, 0.29) is 21.3 Å². The lowest BCUT2D eigenvalue weighted by molar-refractivity contribution is 0.604. The summed E-state index contributed by atoms with van der Waals surface area (Å²) in [6, 6.07) is 8.93. The summed E-state index contributed by atoms with van der Waals surface area (Å²) < 4.78 is 14.9. The number of halogens is 3. The third-order valence-corrected chi connectivity index (χ3v) is 4.80. The van der Waals surface area contributed by atoms with Crippen LogP contribution in [0.3, 0.4) is 0 Å². The van der Waals surface area contributed by atoms with Crippen LogP contribution in [-0.4, -0.2) is 0 Å². The van der Waals surface area contributed by atoms with E-state index in [1.807, 2.05) is 24.3 Å². The van der Waals surface area contributed by atoms with Gasteiger partial charge in [-0.1, -0.05) is 35.5 Å². The molecule has 0 aliphatic rings. The van der Waals surface area contributed by atoms with E-state index < -0.39 is 5.82 Å². The molecule has 0 heterocycles. The molecule has 4 N–H and O–H groups in total. The first kappa shape index (κ1) is 13.5. The number of benzene rings is 2. The Morgan fingerprint density at radius 2 is 1.83 bits per heavy atom. The molecule has 2 aromatic carbocycles. The van der Waals surface area contributed by atoms with Crippen LogP contribution in [0.4, 0.5) is 15.8 Å². The Morgan fingerprint density at radius 3 is 2.50 bits per heavy atom. The van der Waals surface area contributed by atoms with Gasteiger partial charge in [-0.05, 0) is 34.1 Å². The fourth-order valence-corrected chi connectivity index (χ4v) is 3.02. The Kier molecular flexibility index (Phi) is 4.04. The van der Waals surface area contributed by atoms with Crippen molar-refractivity contribution in [3.63, 3.8) is 0 Å². The van der Waals surface area contributed by atoms with Crippen LogP contribution in [0.15, 0.2) is 44.6 Å². The molecule has 94 valence electrons.